The van der Waals surface area contributed by atoms with Gasteiger partial charge < -0.3 is 9.73 Å². The third-order valence-corrected chi connectivity index (χ3v) is 5.47. The van der Waals surface area contributed by atoms with Crippen molar-refractivity contribution in [2.45, 2.75) is 0 Å². The van der Waals surface area contributed by atoms with Gasteiger partial charge in [-0.3, -0.25) is 19.3 Å². The van der Waals surface area contributed by atoms with Crippen molar-refractivity contribution in [3.8, 4) is 11.3 Å². The Bertz CT molecular complexity index is 1170. The third-order valence-electron chi connectivity index (χ3n) is 4.56. The quantitative estimate of drug-likeness (QED) is 0.574. The fourth-order valence-corrected chi connectivity index (χ4v) is 3.89. The first-order valence-electron chi connectivity index (χ1n) is 9.46. The van der Waals surface area contributed by atoms with Gasteiger partial charge in [0.25, 0.3) is 17.1 Å². The summed E-state index contributed by atoms with van der Waals surface area (Å²) in [5, 5.41) is 2.22. The summed E-state index contributed by atoms with van der Waals surface area (Å²) in [7, 11) is 0. The zero-order chi connectivity index (χ0) is 21.8. The molecule has 0 atom stereocenters. The van der Waals surface area contributed by atoms with Gasteiger partial charge in [-0.15, -0.1) is 0 Å². The number of hydrogen-bond donors (Lipinski definition) is 1. The lowest BCUT2D eigenvalue weighted by Crippen LogP contribution is -2.37. The SMILES string of the molecule is O=C(NCCN1C(=O)S/C(=C\c2ccccc2)C1=O)c1ccc(-c2ccccc2F)o1. The predicted molar refractivity (Wildman–Crippen MR) is 116 cm³/mol. The molecule has 0 unspecified atom stereocenters. The molecule has 0 aliphatic carbocycles. The smallest absolute Gasteiger partial charge is 0.293 e. The van der Waals surface area contributed by atoms with Crippen molar-refractivity contribution < 1.29 is 23.2 Å². The van der Waals surface area contributed by atoms with Crippen molar-refractivity contribution in [1.29, 1.82) is 0 Å². The van der Waals surface area contributed by atoms with Crippen LogP contribution in [0.3, 0.4) is 0 Å². The van der Waals surface area contributed by atoms with Crippen LogP contribution >= 0.6 is 11.8 Å². The molecule has 1 saturated heterocycles. The Morgan fingerprint density at radius 3 is 2.55 bits per heavy atom. The van der Waals surface area contributed by atoms with Gasteiger partial charge in [0, 0.05) is 13.1 Å². The molecular formula is C23H17FN2O4S. The normalized spacial score (nSPS) is 15.0. The molecule has 3 amide bonds. The molecule has 0 spiro atoms. The Morgan fingerprint density at radius 2 is 1.77 bits per heavy atom. The van der Waals surface area contributed by atoms with Gasteiger partial charge in [0.15, 0.2) is 5.76 Å². The highest BCUT2D eigenvalue weighted by molar-refractivity contribution is 8.18. The maximum Gasteiger partial charge on any atom is 0.293 e. The van der Waals surface area contributed by atoms with E-state index in [0.29, 0.717) is 4.91 Å². The van der Waals surface area contributed by atoms with E-state index in [2.05, 4.69) is 5.32 Å². The van der Waals surface area contributed by atoms with Gasteiger partial charge in [-0.2, -0.15) is 0 Å². The molecule has 2 heterocycles. The monoisotopic (exact) mass is 436 g/mol. The molecule has 2 aromatic carbocycles. The molecule has 6 nitrogen and oxygen atoms in total. The van der Waals surface area contributed by atoms with E-state index >= 15 is 0 Å². The summed E-state index contributed by atoms with van der Waals surface area (Å²) >= 11 is 0.866. The van der Waals surface area contributed by atoms with Crippen molar-refractivity contribution in [1.82, 2.24) is 10.2 Å². The second-order valence-corrected chi connectivity index (χ2v) is 7.64. The number of imide groups is 1. The topological polar surface area (TPSA) is 79.6 Å². The van der Waals surface area contributed by atoms with E-state index in [1.165, 1.54) is 18.2 Å². The standard InChI is InChI=1S/C23H17FN2O4S/c24-17-9-5-4-8-16(17)18-10-11-19(30-18)21(27)25-12-13-26-22(28)20(31-23(26)29)14-15-6-2-1-3-7-15/h1-11,14H,12-13H2,(H,25,27)/b20-14-. The number of hydrogen-bond acceptors (Lipinski definition) is 5. The molecule has 156 valence electrons. The fourth-order valence-electron chi connectivity index (χ4n) is 3.03. The number of carbonyl (C=O) groups excluding carboxylic acids is 3. The van der Waals surface area contributed by atoms with E-state index in [4.69, 9.17) is 4.42 Å². The molecular weight excluding hydrogens is 419 g/mol. The maximum absolute atomic E-state index is 13.9. The Balaban J connectivity index is 1.35. The number of carbonyl (C=O) groups is 3. The van der Waals surface area contributed by atoms with Crippen LogP contribution in [-0.4, -0.2) is 35.0 Å². The molecule has 1 fully saturated rings. The van der Waals surface area contributed by atoms with Gasteiger partial charge in [-0.25, -0.2) is 4.39 Å². The molecule has 1 aromatic heterocycles. The molecule has 4 rings (SSSR count). The van der Waals surface area contributed by atoms with Crippen molar-refractivity contribution in [2.75, 3.05) is 13.1 Å². The molecule has 8 heteroatoms. The average Bonchev–Trinajstić information content (AvgIpc) is 3.36. The van der Waals surface area contributed by atoms with Crippen LogP contribution in [-0.2, 0) is 4.79 Å². The van der Waals surface area contributed by atoms with E-state index in [1.807, 2.05) is 30.3 Å². The minimum Gasteiger partial charge on any atom is -0.451 e. The summed E-state index contributed by atoms with van der Waals surface area (Å²) in [5.41, 5.74) is 1.08. The molecule has 0 bridgehead atoms. The van der Waals surface area contributed by atoms with Crippen LogP contribution in [0.4, 0.5) is 9.18 Å². The molecule has 0 radical (unpaired) electrons. The number of halogens is 1. The molecule has 1 N–H and O–H groups in total. The number of thioether (sulfide) groups is 1. The zero-order valence-electron chi connectivity index (χ0n) is 16.2. The first-order valence-corrected chi connectivity index (χ1v) is 10.3. The summed E-state index contributed by atoms with van der Waals surface area (Å²) in [5.74, 6) is -1.12. The van der Waals surface area contributed by atoms with E-state index < -0.39 is 17.6 Å². The van der Waals surface area contributed by atoms with Gasteiger partial charge in [-0.1, -0.05) is 42.5 Å². The van der Waals surface area contributed by atoms with Crippen molar-refractivity contribution in [3.63, 3.8) is 0 Å². The van der Waals surface area contributed by atoms with Crippen LogP contribution in [0.5, 0.6) is 0 Å². The zero-order valence-corrected chi connectivity index (χ0v) is 17.0. The first-order chi connectivity index (χ1) is 15.0. The van der Waals surface area contributed by atoms with Gasteiger partial charge in [0.05, 0.1) is 10.5 Å². The summed E-state index contributed by atoms with van der Waals surface area (Å²) in [6.07, 6.45) is 1.66. The Labute approximate surface area is 181 Å². The number of amides is 3. The Morgan fingerprint density at radius 1 is 1.03 bits per heavy atom. The molecule has 1 aliphatic heterocycles. The van der Waals surface area contributed by atoms with Crippen LogP contribution < -0.4 is 5.32 Å². The van der Waals surface area contributed by atoms with E-state index in [1.54, 1.807) is 24.3 Å². The van der Waals surface area contributed by atoms with Crippen LogP contribution in [0.1, 0.15) is 16.1 Å². The van der Waals surface area contributed by atoms with Crippen molar-refractivity contribution in [2.24, 2.45) is 0 Å². The Hall–Kier alpha value is -3.65. The highest BCUT2D eigenvalue weighted by atomic mass is 32.2. The molecule has 1 aliphatic rings. The summed E-state index contributed by atoms with van der Waals surface area (Å²) in [4.78, 5) is 38.4. The second-order valence-electron chi connectivity index (χ2n) is 6.64. The van der Waals surface area contributed by atoms with Gasteiger partial charge in [0.2, 0.25) is 0 Å². The minimum absolute atomic E-state index is 0.0105. The minimum atomic E-state index is -0.519. The second kappa shape index (κ2) is 9.01. The van der Waals surface area contributed by atoms with E-state index in [9.17, 15) is 18.8 Å². The number of furan rings is 1. The van der Waals surface area contributed by atoms with Gasteiger partial charge in [-0.05, 0) is 47.7 Å². The predicted octanol–water partition coefficient (Wildman–Crippen LogP) is 4.55. The Kier molecular flexibility index (Phi) is 5.99. The summed E-state index contributed by atoms with van der Waals surface area (Å²) in [6, 6.07) is 18.3. The number of nitrogens with one attached hydrogen (secondary N) is 1. The van der Waals surface area contributed by atoms with Crippen LogP contribution in [0.2, 0.25) is 0 Å². The van der Waals surface area contributed by atoms with E-state index in [-0.39, 0.29) is 35.4 Å². The van der Waals surface area contributed by atoms with Gasteiger partial charge >= 0.3 is 0 Å². The summed E-state index contributed by atoms with van der Waals surface area (Å²) < 4.78 is 19.3. The lowest BCUT2D eigenvalue weighted by molar-refractivity contribution is -0.122. The first kappa shape index (κ1) is 20.6. The number of rotatable bonds is 6. The van der Waals surface area contributed by atoms with Crippen molar-refractivity contribution in [3.05, 3.63) is 88.8 Å². The maximum atomic E-state index is 13.9. The third kappa shape index (κ3) is 4.59. The van der Waals surface area contributed by atoms with Crippen LogP contribution in [0, 0.1) is 5.82 Å². The molecule has 3 aromatic rings. The molecule has 0 saturated carbocycles. The highest BCUT2D eigenvalue weighted by Crippen LogP contribution is 2.31. The van der Waals surface area contributed by atoms with E-state index in [0.717, 1.165) is 22.2 Å². The largest absolute Gasteiger partial charge is 0.451 e. The van der Waals surface area contributed by atoms with Gasteiger partial charge in [0.1, 0.15) is 11.6 Å². The number of nitrogens with zero attached hydrogens (tertiary/aromatic N) is 1. The number of benzene rings is 2. The lowest BCUT2D eigenvalue weighted by atomic mass is 10.1. The van der Waals surface area contributed by atoms with Crippen LogP contribution in [0.15, 0.2) is 76.1 Å². The average molecular weight is 436 g/mol. The fraction of sp³-hybridized carbons (Fsp3) is 0.0870. The molecule has 31 heavy (non-hydrogen) atoms. The van der Waals surface area contributed by atoms with Crippen molar-refractivity contribution >= 4 is 34.9 Å². The summed E-state index contributed by atoms with van der Waals surface area (Å²) in [6.45, 7) is 0.0919. The highest BCUT2D eigenvalue weighted by Gasteiger charge is 2.34. The van der Waals surface area contributed by atoms with Crippen LogP contribution in [0.25, 0.3) is 17.4 Å². The lowest BCUT2D eigenvalue weighted by Gasteiger charge is -2.12.